The number of methoxy groups -OCH3 is 2. The minimum atomic E-state index is -0.218. The number of benzene rings is 1. The maximum absolute atomic E-state index is 11.7. The molecule has 0 radical (unpaired) electrons. The molecule has 0 aliphatic carbocycles. The molecule has 0 fully saturated rings. The molecular weight excluding hydrogens is 220 g/mol. The lowest BCUT2D eigenvalue weighted by Gasteiger charge is -2.26. The van der Waals surface area contributed by atoms with Crippen LogP contribution >= 0.6 is 0 Å². The number of ether oxygens (including phenoxy) is 2. The molecule has 17 heavy (non-hydrogen) atoms. The Morgan fingerprint density at radius 2 is 2.12 bits per heavy atom. The summed E-state index contributed by atoms with van der Waals surface area (Å²) >= 11 is 0. The number of hydrogen-bond donors (Lipinski definition) is 2. The highest BCUT2D eigenvalue weighted by atomic mass is 16.5. The number of carbonyl (C=O) groups excluding carboxylic acids is 1. The number of nitrogens with one attached hydrogen (secondary N) is 2. The van der Waals surface area contributed by atoms with Crippen molar-refractivity contribution < 1.29 is 14.3 Å². The minimum absolute atomic E-state index is 0.0321. The van der Waals surface area contributed by atoms with Crippen LogP contribution in [0.4, 0.5) is 5.69 Å². The summed E-state index contributed by atoms with van der Waals surface area (Å²) in [5, 5.41) is 5.82. The minimum Gasteiger partial charge on any atom is -0.497 e. The van der Waals surface area contributed by atoms with Crippen molar-refractivity contribution in [1.82, 2.24) is 5.32 Å². The predicted molar refractivity (Wildman–Crippen MR) is 64.7 cm³/mol. The lowest BCUT2D eigenvalue weighted by Crippen LogP contribution is -2.43. The van der Waals surface area contributed by atoms with Gasteiger partial charge in [-0.2, -0.15) is 0 Å². The van der Waals surface area contributed by atoms with E-state index in [9.17, 15) is 4.79 Å². The molecule has 1 aromatic rings. The standard InChI is InChI=1S/C12H16N2O3/c1-13-10-6-8-9(14-12(10)15)4-7(16-2)5-11(8)17-3/h4-5,10,13H,6H2,1-3H3,(H,14,15). The van der Waals surface area contributed by atoms with Crippen LogP contribution in [-0.4, -0.2) is 33.2 Å². The molecule has 5 heteroatoms. The van der Waals surface area contributed by atoms with E-state index in [4.69, 9.17) is 9.47 Å². The molecule has 1 atom stereocenters. The summed E-state index contributed by atoms with van der Waals surface area (Å²) in [5.74, 6) is 1.37. The Hall–Kier alpha value is -1.75. The molecule has 1 amide bonds. The van der Waals surface area contributed by atoms with Crippen molar-refractivity contribution in [3.63, 3.8) is 0 Å². The highest BCUT2D eigenvalue weighted by molar-refractivity contribution is 5.98. The third kappa shape index (κ3) is 2.06. The van der Waals surface area contributed by atoms with Gasteiger partial charge < -0.3 is 20.1 Å². The van der Waals surface area contributed by atoms with Crippen LogP contribution in [0.5, 0.6) is 11.5 Å². The van der Waals surface area contributed by atoms with Crippen LogP contribution in [0.15, 0.2) is 12.1 Å². The molecule has 2 rings (SSSR count). The smallest absolute Gasteiger partial charge is 0.241 e. The summed E-state index contributed by atoms with van der Waals surface area (Å²) < 4.78 is 10.5. The van der Waals surface area contributed by atoms with Crippen molar-refractivity contribution in [2.75, 3.05) is 26.6 Å². The normalized spacial score (nSPS) is 18.3. The van der Waals surface area contributed by atoms with Gasteiger partial charge in [0.25, 0.3) is 0 Å². The highest BCUT2D eigenvalue weighted by Crippen LogP contribution is 2.35. The summed E-state index contributed by atoms with van der Waals surface area (Å²) in [6.45, 7) is 0. The molecule has 1 aromatic carbocycles. The van der Waals surface area contributed by atoms with E-state index in [2.05, 4.69) is 10.6 Å². The maximum Gasteiger partial charge on any atom is 0.241 e. The molecule has 0 saturated carbocycles. The third-order valence-electron chi connectivity index (χ3n) is 2.97. The Bertz CT molecular complexity index is 446. The lowest BCUT2D eigenvalue weighted by atomic mass is 9.98. The van der Waals surface area contributed by atoms with Gasteiger partial charge in [0, 0.05) is 24.1 Å². The number of likely N-dealkylation sites (N-methyl/N-ethyl adjacent to an activating group) is 1. The molecule has 0 aromatic heterocycles. The molecule has 0 saturated heterocycles. The van der Waals surface area contributed by atoms with Gasteiger partial charge in [-0.25, -0.2) is 0 Å². The fourth-order valence-electron chi connectivity index (χ4n) is 1.99. The van der Waals surface area contributed by atoms with Gasteiger partial charge in [0.05, 0.1) is 25.9 Å². The van der Waals surface area contributed by atoms with E-state index in [-0.39, 0.29) is 11.9 Å². The quantitative estimate of drug-likeness (QED) is 0.814. The Balaban J connectivity index is 2.45. The Kier molecular flexibility index (Phi) is 3.19. The first-order chi connectivity index (χ1) is 8.19. The average molecular weight is 236 g/mol. The van der Waals surface area contributed by atoms with Crippen LogP contribution < -0.4 is 20.1 Å². The largest absolute Gasteiger partial charge is 0.497 e. The van der Waals surface area contributed by atoms with E-state index in [1.165, 1.54) is 0 Å². The number of amides is 1. The van der Waals surface area contributed by atoms with Crippen LogP contribution in [-0.2, 0) is 11.2 Å². The van der Waals surface area contributed by atoms with E-state index in [0.717, 1.165) is 17.0 Å². The number of hydrogen-bond acceptors (Lipinski definition) is 4. The van der Waals surface area contributed by atoms with E-state index in [1.54, 1.807) is 21.3 Å². The molecule has 0 bridgehead atoms. The molecule has 1 unspecified atom stereocenters. The van der Waals surface area contributed by atoms with Gasteiger partial charge in [-0.15, -0.1) is 0 Å². The monoisotopic (exact) mass is 236 g/mol. The number of carbonyl (C=O) groups is 1. The summed E-state index contributed by atoms with van der Waals surface area (Å²) in [5.41, 5.74) is 1.75. The molecule has 1 aliphatic heterocycles. The SMILES string of the molecule is CNC1Cc2c(cc(OC)cc2OC)NC1=O. The second kappa shape index (κ2) is 4.63. The molecule has 2 N–H and O–H groups in total. The Labute approximate surface area is 100 Å². The molecule has 92 valence electrons. The zero-order chi connectivity index (χ0) is 12.4. The first-order valence-electron chi connectivity index (χ1n) is 5.42. The first kappa shape index (κ1) is 11.7. The van der Waals surface area contributed by atoms with Crippen molar-refractivity contribution in [1.29, 1.82) is 0 Å². The first-order valence-corrected chi connectivity index (χ1v) is 5.42. The van der Waals surface area contributed by atoms with Crippen molar-refractivity contribution >= 4 is 11.6 Å². The molecule has 1 heterocycles. The summed E-state index contributed by atoms with van der Waals surface area (Å²) in [4.78, 5) is 11.7. The van der Waals surface area contributed by atoms with E-state index in [1.807, 2.05) is 12.1 Å². The number of rotatable bonds is 3. The van der Waals surface area contributed by atoms with Crippen LogP contribution in [0, 0.1) is 0 Å². The van der Waals surface area contributed by atoms with Gasteiger partial charge in [0.2, 0.25) is 5.91 Å². The van der Waals surface area contributed by atoms with Crippen LogP contribution in [0.25, 0.3) is 0 Å². The molecule has 5 nitrogen and oxygen atoms in total. The fourth-order valence-corrected chi connectivity index (χ4v) is 1.99. The van der Waals surface area contributed by atoms with Crippen molar-refractivity contribution in [3.8, 4) is 11.5 Å². The van der Waals surface area contributed by atoms with E-state index >= 15 is 0 Å². The summed E-state index contributed by atoms with van der Waals surface area (Å²) in [6, 6.07) is 3.41. The van der Waals surface area contributed by atoms with Gasteiger partial charge >= 0.3 is 0 Å². The fraction of sp³-hybridized carbons (Fsp3) is 0.417. The molecular formula is C12H16N2O3. The van der Waals surface area contributed by atoms with Gasteiger partial charge in [0.1, 0.15) is 11.5 Å². The lowest BCUT2D eigenvalue weighted by molar-refractivity contribution is -0.118. The van der Waals surface area contributed by atoms with Crippen molar-refractivity contribution in [2.24, 2.45) is 0 Å². The molecule has 0 spiro atoms. The predicted octanol–water partition coefficient (Wildman–Crippen LogP) is 0.786. The third-order valence-corrected chi connectivity index (χ3v) is 2.97. The van der Waals surface area contributed by atoms with Gasteiger partial charge in [-0.3, -0.25) is 4.79 Å². The van der Waals surface area contributed by atoms with Crippen molar-refractivity contribution in [2.45, 2.75) is 12.5 Å². The summed E-state index contributed by atoms with van der Waals surface area (Å²) in [6.07, 6.45) is 0.616. The highest BCUT2D eigenvalue weighted by Gasteiger charge is 2.27. The number of anilines is 1. The van der Waals surface area contributed by atoms with Gasteiger partial charge in [-0.1, -0.05) is 0 Å². The van der Waals surface area contributed by atoms with Crippen LogP contribution in [0.2, 0.25) is 0 Å². The van der Waals surface area contributed by atoms with Gasteiger partial charge in [-0.05, 0) is 7.05 Å². The van der Waals surface area contributed by atoms with E-state index in [0.29, 0.717) is 12.2 Å². The zero-order valence-corrected chi connectivity index (χ0v) is 10.2. The van der Waals surface area contributed by atoms with Gasteiger partial charge in [0.15, 0.2) is 0 Å². The van der Waals surface area contributed by atoms with E-state index < -0.39 is 0 Å². The maximum atomic E-state index is 11.7. The second-order valence-corrected chi connectivity index (χ2v) is 3.89. The Morgan fingerprint density at radius 3 is 2.71 bits per heavy atom. The molecule has 1 aliphatic rings. The topological polar surface area (TPSA) is 59.6 Å². The number of fused-ring (bicyclic) bond motifs is 1. The zero-order valence-electron chi connectivity index (χ0n) is 10.2. The van der Waals surface area contributed by atoms with Crippen LogP contribution in [0.3, 0.4) is 0 Å². The second-order valence-electron chi connectivity index (χ2n) is 3.89. The van der Waals surface area contributed by atoms with Crippen molar-refractivity contribution in [3.05, 3.63) is 17.7 Å². The average Bonchev–Trinajstić information content (AvgIpc) is 2.36. The Morgan fingerprint density at radius 1 is 1.35 bits per heavy atom. The summed E-state index contributed by atoms with van der Waals surface area (Å²) in [7, 11) is 4.97. The van der Waals surface area contributed by atoms with Crippen LogP contribution in [0.1, 0.15) is 5.56 Å².